The molecule has 0 aliphatic carbocycles. The number of likely N-dealkylation sites (tertiary alicyclic amines) is 1. The second-order valence-electron chi connectivity index (χ2n) is 7.70. The van der Waals surface area contributed by atoms with Crippen LogP contribution in [0.1, 0.15) is 18.4 Å². The zero-order valence-electron chi connectivity index (χ0n) is 16.6. The fourth-order valence-corrected chi connectivity index (χ4v) is 4.05. The molecule has 2 aromatic carbocycles. The van der Waals surface area contributed by atoms with Crippen LogP contribution in [0.3, 0.4) is 0 Å². The molecule has 152 valence electrons. The summed E-state index contributed by atoms with van der Waals surface area (Å²) in [7, 11) is 1.69. The molecule has 0 unspecified atom stereocenters. The summed E-state index contributed by atoms with van der Waals surface area (Å²) in [5.41, 5.74) is 3.09. The lowest BCUT2D eigenvalue weighted by molar-refractivity contribution is -0.117. The number of rotatable bonds is 6. The Morgan fingerprint density at radius 1 is 1.21 bits per heavy atom. The minimum absolute atomic E-state index is 0.0567. The lowest BCUT2D eigenvalue weighted by Crippen LogP contribution is -2.39. The largest absolute Gasteiger partial charge is 0.497 e. The van der Waals surface area contributed by atoms with Gasteiger partial charge in [0.2, 0.25) is 5.91 Å². The van der Waals surface area contributed by atoms with Crippen LogP contribution in [-0.2, 0) is 11.2 Å². The monoisotopic (exact) mass is 395 g/mol. The molecule has 0 saturated carbocycles. The molecule has 0 radical (unpaired) electrons. The number of fused-ring (bicyclic) bond motifs is 1. The Kier molecular flexibility index (Phi) is 5.81. The van der Waals surface area contributed by atoms with Gasteiger partial charge >= 0.3 is 0 Å². The van der Waals surface area contributed by atoms with Gasteiger partial charge in [0.25, 0.3) is 0 Å². The number of hydrogen-bond donors (Lipinski definition) is 2. The number of aromatic amines is 1. The summed E-state index contributed by atoms with van der Waals surface area (Å²) in [6.07, 6.45) is 5.27. The molecule has 1 aliphatic heterocycles. The molecule has 0 spiro atoms. The number of aromatic nitrogens is 1. The second kappa shape index (κ2) is 8.66. The van der Waals surface area contributed by atoms with E-state index >= 15 is 0 Å². The van der Waals surface area contributed by atoms with Crippen molar-refractivity contribution in [2.45, 2.75) is 19.3 Å². The Labute approximate surface area is 169 Å². The fraction of sp³-hybridized carbons (Fsp3) is 0.348. The quantitative estimate of drug-likeness (QED) is 0.657. The number of halogens is 1. The first-order chi connectivity index (χ1) is 14.1. The van der Waals surface area contributed by atoms with Crippen LogP contribution in [0.4, 0.5) is 10.1 Å². The Hall–Kier alpha value is -2.86. The standard InChI is InChI=1S/C23H26FN3O2/c1-29-20-6-7-22-21(13-20)17(14-25-22)12-16-8-10-27(11-9-16)15-23(28)26-19-4-2-18(24)3-5-19/h2-7,13-14,16,25H,8-12,15H2,1H3,(H,26,28). The third-order valence-corrected chi connectivity index (χ3v) is 5.69. The summed E-state index contributed by atoms with van der Waals surface area (Å²) >= 11 is 0. The predicted molar refractivity (Wildman–Crippen MR) is 113 cm³/mol. The molecule has 1 amide bonds. The van der Waals surface area contributed by atoms with Gasteiger partial charge < -0.3 is 15.0 Å². The second-order valence-corrected chi connectivity index (χ2v) is 7.70. The summed E-state index contributed by atoms with van der Waals surface area (Å²) in [4.78, 5) is 17.8. The number of anilines is 1. The molecular formula is C23H26FN3O2. The van der Waals surface area contributed by atoms with Crippen LogP contribution in [0, 0.1) is 11.7 Å². The van der Waals surface area contributed by atoms with Gasteiger partial charge in [0, 0.05) is 22.8 Å². The molecule has 6 heteroatoms. The van der Waals surface area contributed by atoms with Crippen LogP contribution < -0.4 is 10.1 Å². The number of amides is 1. The molecule has 4 rings (SSSR count). The van der Waals surface area contributed by atoms with Crippen LogP contribution in [0.2, 0.25) is 0 Å². The maximum atomic E-state index is 13.0. The summed E-state index contributed by atoms with van der Waals surface area (Å²) in [5, 5.41) is 4.06. The zero-order valence-corrected chi connectivity index (χ0v) is 16.6. The summed E-state index contributed by atoms with van der Waals surface area (Å²) in [5.74, 6) is 1.12. The molecule has 29 heavy (non-hydrogen) atoms. The minimum atomic E-state index is -0.307. The van der Waals surface area contributed by atoms with Crippen LogP contribution in [-0.4, -0.2) is 42.5 Å². The SMILES string of the molecule is COc1ccc2[nH]cc(CC3CCN(CC(=O)Nc4ccc(F)cc4)CC3)c2c1. The Balaban J connectivity index is 1.28. The van der Waals surface area contributed by atoms with Crippen molar-refractivity contribution >= 4 is 22.5 Å². The Morgan fingerprint density at radius 2 is 1.97 bits per heavy atom. The normalized spacial score (nSPS) is 15.5. The van der Waals surface area contributed by atoms with E-state index in [9.17, 15) is 9.18 Å². The number of H-pyrrole nitrogens is 1. The third kappa shape index (κ3) is 4.77. The highest BCUT2D eigenvalue weighted by Gasteiger charge is 2.22. The average molecular weight is 395 g/mol. The van der Waals surface area contributed by atoms with Gasteiger partial charge in [-0.25, -0.2) is 4.39 Å². The van der Waals surface area contributed by atoms with E-state index in [-0.39, 0.29) is 11.7 Å². The van der Waals surface area contributed by atoms with Gasteiger partial charge in [0.1, 0.15) is 11.6 Å². The fourth-order valence-electron chi connectivity index (χ4n) is 4.05. The summed E-state index contributed by atoms with van der Waals surface area (Å²) in [6.45, 7) is 2.19. The first kappa shape index (κ1) is 19.5. The predicted octanol–water partition coefficient (Wildman–Crippen LogP) is 4.21. The third-order valence-electron chi connectivity index (χ3n) is 5.69. The van der Waals surface area contributed by atoms with Crippen molar-refractivity contribution in [2.75, 3.05) is 32.1 Å². The molecule has 1 fully saturated rings. The Bertz CT molecular complexity index is 975. The molecule has 0 bridgehead atoms. The molecule has 5 nitrogen and oxygen atoms in total. The molecule has 1 saturated heterocycles. The van der Waals surface area contributed by atoms with Crippen molar-refractivity contribution in [1.29, 1.82) is 0 Å². The molecular weight excluding hydrogens is 369 g/mol. The molecule has 1 aliphatic rings. The molecule has 2 N–H and O–H groups in total. The van der Waals surface area contributed by atoms with E-state index in [1.165, 1.54) is 23.1 Å². The van der Waals surface area contributed by atoms with Crippen molar-refractivity contribution < 1.29 is 13.9 Å². The molecule has 3 aromatic rings. The van der Waals surface area contributed by atoms with Gasteiger partial charge in [-0.3, -0.25) is 9.69 Å². The highest BCUT2D eigenvalue weighted by molar-refractivity contribution is 5.92. The van der Waals surface area contributed by atoms with Crippen molar-refractivity contribution in [3.8, 4) is 5.75 Å². The number of nitrogens with one attached hydrogen (secondary N) is 2. The van der Waals surface area contributed by atoms with Crippen LogP contribution >= 0.6 is 0 Å². The van der Waals surface area contributed by atoms with Crippen LogP contribution in [0.25, 0.3) is 10.9 Å². The number of methoxy groups -OCH3 is 1. The lowest BCUT2D eigenvalue weighted by atomic mass is 9.90. The van der Waals surface area contributed by atoms with E-state index in [0.29, 0.717) is 18.2 Å². The number of hydrogen-bond acceptors (Lipinski definition) is 3. The van der Waals surface area contributed by atoms with E-state index < -0.39 is 0 Å². The molecule has 2 heterocycles. The van der Waals surface area contributed by atoms with E-state index in [4.69, 9.17) is 4.74 Å². The van der Waals surface area contributed by atoms with E-state index in [0.717, 1.165) is 43.6 Å². The van der Waals surface area contributed by atoms with Gasteiger partial charge in [0.05, 0.1) is 13.7 Å². The van der Waals surface area contributed by atoms with E-state index in [1.807, 2.05) is 6.07 Å². The highest BCUT2D eigenvalue weighted by atomic mass is 19.1. The van der Waals surface area contributed by atoms with Crippen molar-refractivity contribution in [1.82, 2.24) is 9.88 Å². The zero-order chi connectivity index (χ0) is 20.2. The summed E-state index contributed by atoms with van der Waals surface area (Å²) in [6, 6.07) is 12.0. The average Bonchev–Trinajstić information content (AvgIpc) is 3.13. The number of ether oxygens (including phenoxy) is 1. The van der Waals surface area contributed by atoms with Crippen molar-refractivity contribution in [3.63, 3.8) is 0 Å². The number of carbonyl (C=O) groups excluding carboxylic acids is 1. The van der Waals surface area contributed by atoms with Gasteiger partial charge in [-0.05, 0) is 86.3 Å². The number of nitrogens with zero attached hydrogens (tertiary/aromatic N) is 1. The maximum absolute atomic E-state index is 13.0. The maximum Gasteiger partial charge on any atom is 0.238 e. The number of carbonyl (C=O) groups is 1. The molecule has 1 aromatic heterocycles. The van der Waals surface area contributed by atoms with Gasteiger partial charge in [0.15, 0.2) is 0 Å². The smallest absolute Gasteiger partial charge is 0.238 e. The first-order valence-corrected chi connectivity index (χ1v) is 10.0. The minimum Gasteiger partial charge on any atom is -0.497 e. The van der Waals surface area contributed by atoms with Gasteiger partial charge in [-0.2, -0.15) is 0 Å². The van der Waals surface area contributed by atoms with Crippen molar-refractivity contribution in [2.24, 2.45) is 5.92 Å². The lowest BCUT2D eigenvalue weighted by Gasteiger charge is -2.31. The van der Waals surface area contributed by atoms with Gasteiger partial charge in [-0.1, -0.05) is 0 Å². The highest BCUT2D eigenvalue weighted by Crippen LogP contribution is 2.28. The van der Waals surface area contributed by atoms with E-state index in [1.54, 1.807) is 19.2 Å². The van der Waals surface area contributed by atoms with Crippen molar-refractivity contribution in [3.05, 3.63) is 60.0 Å². The Morgan fingerprint density at radius 3 is 2.69 bits per heavy atom. The first-order valence-electron chi connectivity index (χ1n) is 10.0. The van der Waals surface area contributed by atoms with E-state index in [2.05, 4.69) is 33.5 Å². The van der Waals surface area contributed by atoms with Gasteiger partial charge in [-0.15, -0.1) is 0 Å². The number of benzene rings is 2. The van der Waals surface area contributed by atoms with Crippen LogP contribution in [0.5, 0.6) is 5.75 Å². The molecule has 0 atom stereocenters. The number of piperidine rings is 1. The summed E-state index contributed by atoms with van der Waals surface area (Å²) < 4.78 is 18.3. The van der Waals surface area contributed by atoms with Crippen LogP contribution in [0.15, 0.2) is 48.7 Å². The topological polar surface area (TPSA) is 57.4 Å².